The minimum Gasteiger partial charge on any atom is -0.361 e. The lowest BCUT2D eigenvalue weighted by Gasteiger charge is -2.30. The molecule has 154 valence electrons. The molecule has 0 atom stereocenters. The second-order valence-electron chi connectivity index (χ2n) is 7.60. The molecule has 1 aromatic heterocycles. The Morgan fingerprint density at radius 2 is 1.96 bits per heavy atom. The maximum atomic E-state index is 12.4. The average Bonchev–Trinajstić information content (AvgIpc) is 3.13. The summed E-state index contributed by atoms with van der Waals surface area (Å²) >= 11 is 0. The monoisotopic (exact) mass is 405 g/mol. The number of piperidine rings is 1. The van der Waals surface area contributed by atoms with Gasteiger partial charge in [0.1, 0.15) is 0 Å². The lowest BCUT2D eigenvalue weighted by Crippen LogP contribution is -2.43. The number of nitrogens with zero attached hydrogens (tertiary/aromatic N) is 1. The number of carbonyl (C=O) groups excluding carboxylic acids is 1. The third kappa shape index (κ3) is 5.14. The van der Waals surface area contributed by atoms with Gasteiger partial charge in [0, 0.05) is 42.7 Å². The maximum Gasteiger partial charge on any atom is 0.223 e. The van der Waals surface area contributed by atoms with Gasteiger partial charge in [-0.15, -0.1) is 0 Å². The van der Waals surface area contributed by atoms with E-state index in [1.807, 2.05) is 25.3 Å². The highest BCUT2D eigenvalue weighted by molar-refractivity contribution is 7.89. The molecule has 1 fully saturated rings. The lowest BCUT2D eigenvalue weighted by molar-refractivity contribution is -0.126. The quantitative estimate of drug-likeness (QED) is 0.629. The fraction of sp³-hybridized carbons (Fsp3) is 0.571. The fourth-order valence-electron chi connectivity index (χ4n) is 3.83. The Morgan fingerprint density at radius 1 is 1.21 bits per heavy atom. The Hall–Kier alpha value is -1.86. The number of hydrogen-bond donors (Lipinski definition) is 2. The number of aromatic nitrogens is 1. The number of benzene rings is 1. The SMILES string of the molecule is CCCCS(=O)(=O)N1CCC(C(=O)NCCCc2c[nH]c3ccccc23)CC1. The second-order valence-corrected chi connectivity index (χ2v) is 9.69. The summed E-state index contributed by atoms with van der Waals surface area (Å²) in [5, 5.41) is 4.27. The van der Waals surface area contributed by atoms with E-state index in [0.717, 1.165) is 24.8 Å². The number of para-hydroxylation sites is 1. The van der Waals surface area contributed by atoms with Gasteiger partial charge in [0.15, 0.2) is 0 Å². The van der Waals surface area contributed by atoms with Gasteiger partial charge < -0.3 is 10.3 Å². The summed E-state index contributed by atoms with van der Waals surface area (Å²) < 4.78 is 26.1. The minimum absolute atomic E-state index is 0.0598. The zero-order valence-corrected chi connectivity index (χ0v) is 17.4. The number of aryl methyl sites for hydroxylation is 1. The van der Waals surface area contributed by atoms with Gasteiger partial charge in [-0.2, -0.15) is 0 Å². The van der Waals surface area contributed by atoms with E-state index >= 15 is 0 Å². The second kappa shape index (κ2) is 9.56. The van der Waals surface area contributed by atoms with Gasteiger partial charge in [-0.25, -0.2) is 12.7 Å². The number of fused-ring (bicyclic) bond motifs is 1. The smallest absolute Gasteiger partial charge is 0.223 e. The van der Waals surface area contributed by atoms with Crippen LogP contribution in [0.15, 0.2) is 30.5 Å². The van der Waals surface area contributed by atoms with Crippen LogP contribution in [0.2, 0.25) is 0 Å². The fourth-order valence-corrected chi connectivity index (χ4v) is 5.50. The molecule has 0 aliphatic carbocycles. The maximum absolute atomic E-state index is 12.4. The summed E-state index contributed by atoms with van der Waals surface area (Å²) in [5.41, 5.74) is 2.41. The van der Waals surface area contributed by atoms with Crippen molar-refractivity contribution in [3.63, 3.8) is 0 Å². The first kappa shape index (κ1) is 20.9. The molecule has 1 aromatic carbocycles. The van der Waals surface area contributed by atoms with Gasteiger partial charge in [-0.1, -0.05) is 31.5 Å². The molecule has 0 spiro atoms. The number of carbonyl (C=O) groups is 1. The van der Waals surface area contributed by atoms with Gasteiger partial charge in [0.2, 0.25) is 15.9 Å². The molecule has 2 N–H and O–H groups in total. The Bertz CT molecular complexity index is 883. The molecule has 0 radical (unpaired) electrons. The highest BCUT2D eigenvalue weighted by Gasteiger charge is 2.30. The molecular formula is C21H31N3O3S. The molecule has 0 unspecified atom stereocenters. The number of amides is 1. The lowest BCUT2D eigenvalue weighted by atomic mass is 9.97. The van der Waals surface area contributed by atoms with Gasteiger partial charge in [-0.05, 0) is 43.7 Å². The summed E-state index contributed by atoms with van der Waals surface area (Å²) in [6, 6.07) is 8.23. The van der Waals surface area contributed by atoms with Crippen LogP contribution in [0.5, 0.6) is 0 Å². The normalized spacial score (nSPS) is 16.5. The van der Waals surface area contributed by atoms with Crippen molar-refractivity contribution >= 4 is 26.8 Å². The van der Waals surface area contributed by atoms with Crippen molar-refractivity contribution in [3.05, 3.63) is 36.0 Å². The molecule has 0 saturated carbocycles. The predicted octanol–water partition coefficient (Wildman–Crippen LogP) is 3.06. The number of sulfonamides is 1. The van der Waals surface area contributed by atoms with Crippen molar-refractivity contribution in [2.24, 2.45) is 5.92 Å². The van der Waals surface area contributed by atoms with Crippen LogP contribution in [0, 0.1) is 5.92 Å². The third-order valence-corrected chi connectivity index (χ3v) is 7.53. The van der Waals surface area contributed by atoms with Gasteiger partial charge in [-0.3, -0.25) is 4.79 Å². The van der Waals surface area contributed by atoms with Gasteiger partial charge in [0.25, 0.3) is 0 Å². The topological polar surface area (TPSA) is 82.3 Å². The molecule has 3 rings (SSSR count). The largest absolute Gasteiger partial charge is 0.361 e. The number of H-pyrrole nitrogens is 1. The molecule has 28 heavy (non-hydrogen) atoms. The molecule has 2 heterocycles. The van der Waals surface area contributed by atoms with Crippen LogP contribution in [-0.4, -0.2) is 49.0 Å². The number of nitrogens with one attached hydrogen (secondary N) is 2. The van der Waals surface area contributed by atoms with Crippen LogP contribution in [0.1, 0.15) is 44.6 Å². The molecule has 1 aliphatic heterocycles. The van der Waals surface area contributed by atoms with Crippen LogP contribution in [0.3, 0.4) is 0 Å². The molecule has 1 saturated heterocycles. The van der Waals surface area contributed by atoms with Crippen LogP contribution in [0.4, 0.5) is 0 Å². The molecule has 0 bridgehead atoms. The van der Waals surface area contributed by atoms with E-state index < -0.39 is 10.0 Å². The Labute approximate surface area is 167 Å². The number of hydrogen-bond acceptors (Lipinski definition) is 3. The summed E-state index contributed by atoms with van der Waals surface area (Å²) in [6.07, 6.45) is 6.63. The average molecular weight is 406 g/mol. The van der Waals surface area contributed by atoms with E-state index in [0.29, 0.717) is 38.9 Å². The van der Waals surface area contributed by atoms with Crippen molar-refractivity contribution in [2.75, 3.05) is 25.4 Å². The van der Waals surface area contributed by atoms with E-state index in [2.05, 4.69) is 22.4 Å². The van der Waals surface area contributed by atoms with Crippen molar-refractivity contribution in [2.45, 2.75) is 45.4 Å². The molecule has 7 heteroatoms. The van der Waals surface area contributed by atoms with E-state index in [1.54, 1.807) is 4.31 Å². The van der Waals surface area contributed by atoms with E-state index in [-0.39, 0.29) is 17.6 Å². The molecule has 1 aliphatic rings. The summed E-state index contributed by atoms with van der Waals surface area (Å²) in [6.45, 7) is 3.55. The van der Waals surface area contributed by atoms with Crippen molar-refractivity contribution in [3.8, 4) is 0 Å². The first-order valence-corrected chi connectivity index (χ1v) is 11.9. The molecule has 2 aromatic rings. The number of unbranched alkanes of at least 4 members (excludes halogenated alkanes) is 1. The third-order valence-electron chi connectivity index (χ3n) is 5.57. The van der Waals surface area contributed by atoms with Crippen molar-refractivity contribution in [1.82, 2.24) is 14.6 Å². The highest BCUT2D eigenvalue weighted by Crippen LogP contribution is 2.21. The Morgan fingerprint density at radius 3 is 2.71 bits per heavy atom. The Kier molecular flexibility index (Phi) is 7.13. The minimum atomic E-state index is -3.16. The first-order valence-electron chi connectivity index (χ1n) is 10.3. The number of aromatic amines is 1. The van der Waals surface area contributed by atoms with Crippen LogP contribution in [0.25, 0.3) is 10.9 Å². The summed E-state index contributed by atoms with van der Waals surface area (Å²) in [7, 11) is -3.16. The predicted molar refractivity (Wildman–Crippen MR) is 113 cm³/mol. The van der Waals surface area contributed by atoms with Gasteiger partial charge >= 0.3 is 0 Å². The van der Waals surface area contributed by atoms with E-state index in [1.165, 1.54) is 10.9 Å². The van der Waals surface area contributed by atoms with Crippen molar-refractivity contribution < 1.29 is 13.2 Å². The zero-order chi connectivity index (χ0) is 20.0. The standard InChI is InChI=1S/C21H31N3O3S/c1-2-3-15-28(26,27)24-13-10-17(11-14-24)21(25)22-12-6-7-18-16-23-20-9-5-4-8-19(18)20/h4-5,8-9,16-17,23H,2-3,6-7,10-15H2,1H3,(H,22,25). The van der Waals surface area contributed by atoms with Crippen molar-refractivity contribution in [1.29, 1.82) is 0 Å². The Balaban J connectivity index is 1.39. The zero-order valence-electron chi connectivity index (χ0n) is 16.6. The molecule has 6 nitrogen and oxygen atoms in total. The summed E-state index contributed by atoms with van der Waals surface area (Å²) in [4.78, 5) is 15.7. The van der Waals surface area contributed by atoms with Crippen LogP contribution >= 0.6 is 0 Å². The van der Waals surface area contributed by atoms with Crippen LogP contribution in [-0.2, 0) is 21.2 Å². The van der Waals surface area contributed by atoms with E-state index in [9.17, 15) is 13.2 Å². The molecule has 1 amide bonds. The van der Waals surface area contributed by atoms with Gasteiger partial charge in [0.05, 0.1) is 5.75 Å². The molecular weight excluding hydrogens is 374 g/mol. The first-order chi connectivity index (χ1) is 13.5. The number of rotatable bonds is 9. The highest BCUT2D eigenvalue weighted by atomic mass is 32.2. The van der Waals surface area contributed by atoms with E-state index in [4.69, 9.17) is 0 Å². The summed E-state index contributed by atoms with van der Waals surface area (Å²) in [5.74, 6) is 0.198. The van der Waals surface area contributed by atoms with Crippen LogP contribution < -0.4 is 5.32 Å².